The summed E-state index contributed by atoms with van der Waals surface area (Å²) in [6.45, 7) is 0. The Hall–Kier alpha value is -7.00. The third kappa shape index (κ3) is 11.7. The Morgan fingerprint density at radius 2 is 0.880 bits per heavy atom. The van der Waals surface area contributed by atoms with E-state index in [0.717, 1.165) is 48.5 Å². The van der Waals surface area contributed by atoms with E-state index < -0.39 is 69.0 Å². The molecule has 22 heteroatoms. The number of aromatic hydroxyl groups is 2. The molecular weight excluding hydrogens is 694 g/mol. The molecule has 4 aromatic carbocycles. The second kappa shape index (κ2) is 15.7. The predicted molar refractivity (Wildman–Crippen MR) is 161 cm³/mol. The molecule has 0 bridgehead atoms. The fourth-order valence-electron chi connectivity index (χ4n) is 3.60. The van der Waals surface area contributed by atoms with E-state index in [0.29, 0.717) is 0 Å². The minimum Gasteiger partial charge on any atom is -0.506 e. The largest absolute Gasteiger partial charge is 0.573 e. The number of nitrogens with zero attached hydrogens (tertiary/aromatic N) is 2. The smallest absolute Gasteiger partial charge is 0.506 e. The maximum absolute atomic E-state index is 12.3. The second-order valence-corrected chi connectivity index (χ2v) is 9.16. The predicted octanol–water partition coefficient (Wildman–Crippen LogP) is 7.69. The molecule has 0 heterocycles. The van der Waals surface area contributed by atoms with Crippen molar-refractivity contribution >= 4 is 46.2 Å². The molecule has 4 amide bonds. The molecule has 0 saturated heterocycles. The highest BCUT2D eigenvalue weighted by atomic mass is 19.4. The van der Waals surface area contributed by atoms with Crippen LogP contribution in [0.2, 0.25) is 0 Å². The molecule has 264 valence electrons. The van der Waals surface area contributed by atoms with Gasteiger partial charge in [0, 0.05) is 12.1 Å². The minimum atomic E-state index is -4.94. The first kappa shape index (κ1) is 37.5. The number of hydrogen-bond donors (Lipinski definition) is 6. The Morgan fingerprint density at radius 3 is 1.18 bits per heavy atom. The van der Waals surface area contributed by atoms with Crippen LogP contribution in [0.1, 0.15) is 0 Å². The van der Waals surface area contributed by atoms with E-state index in [9.17, 15) is 66.4 Å². The average Bonchev–Trinajstić information content (AvgIpc) is 3.00. The first-order valence-corrected chi connectivity index (χ1v) is 13.1. The number of phenolic OH excluding ortho intramolecular Hbond substituents is 2. The number of hydrogen-bond acceptors (Lipinski definition) is 10. The number of ether oxygens (including phenoxy) is 2. The summed E-state index contributed by atoms with van der Waals surface area (Å²) in [4.78, 5) is 43.4. The number of rotatable bonds is 8. The second-order valence-electron chi connectivity index (χ2n) is 9.16. The van der Waals surface area contributed by atoms with Crippen LogP contribution in [0.5, 0.6) is 23.0 Å². The van der Waals surface area contributed by atoms with Gasteiger partial charge in [-0.1, -0.05) is 24.3 Å². The van der Waals surface area contributed by atoms with E-state index in [4.69, 9.17) is 0 Å². The number of nitrogens with one attached hydrogen (secondary N) is 4. The van der Waals surface area contributed by atoms with Crippen LogP contribution in [0.25, 0.3) is 0 Å². The molecule has 0 aromatic heterocycles. The highest BCUT2D eigenvalue weighted by molar-refractivity contribution is 6.02. The van der Waals surface area contributed by atoms with E-state index in [1.165, 1.54) is 36.4 Å². The summed E-state index contributed by atoms with van der Waals surface area (Å²) in [6, 6.07) is 13.6. The van der Waals surface area contributed by atoms with Gasteiger partial charge in [-0.05, 0) is 36.4 Å². The van der Waals surface area contributed by atoms with Crippen LogP contribution >= 0.6 is 0 Å². The molecule has 50 heavy (non-hydrogen) atoms. The van der Waals surface area contributed by atoms with Crippen molar-refractivity contribution in [3.63, 3.8) is 0 Å². The van der Waals surface area contributed by atoms with Gasteiger partial charge in [-0.25, -0.2) is 9.59 Å². The minimum absolute atomic E-state index is 0.169. The number of phenols is 2. The summed E-state index contributed by atoms with van der Waals surface area (Å²) in [5.74, 6) is -2.41. The third-order valence-electron chi connectivity index (χ3n) is 5.60. The van der Waals surface area contributed by atoms with Gasteiger partial charge in [-0.15, -0.1) is 26.3 Å². The van der Waals surface area contributed by atoms with Gasteiger partial charge in [0.25, 0.3) is 11.4 Å². The number of nitro groups is 2. The lowest BCUT2D eigenvalue weighted by Crippen LogP contribution is -2.22. The maximum atomic E-state index is 12.3. The van der Waals surface area contributed by atoms with Crippen molar-refractivity contribution in [1.29, 1.82) is 0 Å². The summed E-state index contributed by atoms with van der Waals surface area (Å²) >= 11 is 0. The molecule has 0 spiro atoms. The van der Waals surface area contributed by atoms with E-state index in [-0.39, 0.29) is 22.7 Å². The first-order valence-electron chi connectivity index (χ1n) is 13.1. The zero-order chi connectivity index (χ0) is 37.2. The van der Waals surface area contributed by atoms with Crippen molar-refractivity contribution in [2.45, 2.75) is 12.7 Å². The van der Waals surface area contributed by atoms with Gasteiger partial charge < -0.3 is 41.0 Å². The number of anilines is 4. The summed E-state index contributed by atoms with van der Waals surface area (Å²) < 4.78 is 81.5. The van der Waals surface area contributed by atoms with Crippen molar-refractivity contribution < 1.29 is 65.5 Å². The van der Waals surface area contributed by atoms with Crippen molar-refractivity contribution in [1.82, 2.24) is 0 Å². The van der Waals surface area contributed by atoms with Gasteiger partial charge in [0.05, 0.1) is 44.7 Å². The van der Waals surface area contributed by atoms with Gasteiger partial charge in [0.2, 0.25) is 0 Å². The van der Waals surface area contributed by atoms with E-state index >= 15 is 0 Å². The Morgan fingerprint density at radius 1 is 0.560 bits per heavy atom. The topological polar surface area (TPSA) is 227 Å². The molecule has 0 aliphatic carbocycles. The van der Waals surface area contributed by atoms with E-state index in [2.05, 4.69) is 30.7 Å². The molecule has 16 nitrogen and oxygen atoms in total. The highest BCUT2D eigenvalue weighted by Gasteiger charge is 2.33. The fourth-order valence-corrected chi connectivity index (χ4v) is 3.60. The Balaban J connectivity index is 0.000000270. The normalized spacial score (nSPS) is 10.8. The van der Waals surface area contributed by atoms with Gasteiger partial charge >= 0.3 is 24.8 Å². The lowest BCUT2D eigenvalue weighted by molar-refractivity contribution is -0.385. The average molecular weight is 714 g/mol. The van der Waals surface area contributed by atoms with Crippen LogP contribution in [0.15, 0.2) is 84.9 Å². The number of amides is 4. The van der Waals surface area contributed by atoms with Crippen molar-refractivity contribution in [3.05, 3.63) is 105 Å². The molecule has 0 aliphatic heterocycles. The fraction of sp³-hybridized carbons (Fsp3) is 0.0714. The number of benzene rings is 4. The SMILES string of the molecule is O=C(Nc1ccc([N+](=O)[O-])cc1O)Nc1ccccc1OC(F)(F)F.O=C(Nc1ccc([N+](=O)[O-])cc1O)Nc1ccccc1OC(F)(F)F. The van der Waals surface area contributed by atoms with Crippen LogP contribution in [0.3, 0.4) is 0 Å². The molecular formula is C28H20F6N6O10. The number of non-ortho nitro benzene ring substituents is 2. The van der Waals surface area contributed by atoms with Crippen molar-refractivity contribution in [2.24, 2.45) is 0 Å². The van der Waals surface area contributed by atoms with Gasteiger partial charge in [0.15, 0.2) is 11.5 Å². The molecule has 6 N–H and O–H groups in total. The van der Waals surface area contributed by atoms with Crippen molar-refractivity contribution in [3.8, 4) is 23.0 Å². The quantitative estimate of drug-likeness (QED) is 0.0451. The lowest BCUT2D eigenvalue weighted by Gasteiger charge is -2.14. The maximum Gasteiger partial charge on any atom is 0.573 e. The molecule has 0 aliphatic rings. The first-order chi connectivity index (χ1) is 23.3. The third-order valence-corrected chi connectivity index (χ3v) is 5.60. The number of halogens is 6. The summed E-state index contributed by atoms with van der Waals surface area (Å²) in [6.07, 6.45) is -9.88. The summed E-state index contributed by atoms with van der Waals surface area (Å²) in [7, 11) is 0. The molecule has 0 saturated carbocycles. The zero-order valence-electron chi connectivity index (χ0n) is 24.4. The van der Waals surface area contributed by atoms with Crippen molar-refractivity contribution in [2.75, 3.05) is 21.3 Å². The molecule has 0 unspecified atom stereocenters. The van der Waals surface area contributed by atoms with Crippen LogP contribution in [0.4, 0.5) is 70.1 Å². The number of carbonyl (C=O) groups is 2. The molecule has 0 atom stereocenters. The van der Waals surface area contributed by atoms with Gasteiger partial charge in [-0.2, -0.15) is 0 Å². The summed E-state index contributed by atoms with van der Waals surface area (Å²) in [5.41, 5.74) is -1.66. The van der Waals surface area contributed by atoms with Crippen LogP contribution in [-0.4, -0.2) is 44.8 Å². The number of nitro benzene ring substituents is 2. The number of alkyl halides is 6. The monoisotopic (exact) mass is 714 g/mol. The standard InChI is InChI=1S/2C14H10F3N3O5/c2*15-14(16,17)25-12-4-2-1-3-10(12)19-13(22)18-9-6-5-8(20(23)24)7-11(9)21/h2*1-7,21H,(H2,18,19,22). The van der Waals surface area contributed by atoms with Crippen LogP contribution in [0, 0.1) is 20.2 Å². The van der Waals surface area contributed by atoms with Crippen LogP contribution < -0.4 is 30.7 Å². The number of para-hydroxylation sites is 4. The molecule has 4 rings (SSSR count). The van der Waals surface area contributed by atoms with Gasteiger partial charge in [-0.3, -0.25) is 20.2 Å². The Kier molecular flexibility index (Phi) is 11.8. The number of urea groups is 2. The molecule has 4 aromatic rings. The van der Waals surface area contributed by atoms with Crippen LogP contribution in [-0.2, 0) is 0 Å². The zero-order valence-corrected chi connectivity index (χ0v) is 24.4. The van der Waals surface area contributed by atoms with E-state index in [1.807, 2.05) is 0 Å². The highest BCUT2D eigenvalue weighted by Crippen LogP contribution is 2.33. The lowest BCUT2D eigenvalue weighted by atomic mass is 10.2. The number of carbonyl (C=O) groups excluding carboxylic acids is 2. The summed E-state index contributed by atoms with van der Waals surface area (Å²) in [5, 5.41) is 49.0. The Bertz CT molecular complexity index is 1760. The Labute approximate surface area is 274 Å². The molecule has 0 radical (unpaired) electrons. The molecule has 0 fully saturated rings. The van der Waals surface area contributed by atoms with E-state index in [1.54, 1.807) is 0 Å². The van der Waals surface area contributed by atoms with Gasteiger partial charge in [0.1, 0.15) is 11.5 Å².